The third kappa shape index (κ3) is 2.03. The average molecular weight is 228 g/mol. The van der Waals surface area contributed by atoms with Crippen LogP contribution in [0.25, 0.3) is 0 Å². The maximum absolute atomic E-state index is 10.0. The van der Waals surface area contributed by atoms with E-state index in [1.54, 1.807) is 0 Å². The van der Waals surface area contributed by atoms with Crippen molar-refractivity contribution in [2.75, 3.05) is 0 Å². The molecule has 2 atom stereocenters. The smallest absolute Gasteiger partial charge is 0.0710 e. The van der Waals surface area contributed by atoms with Crippen LogP contribution < -0.4 is 0 Å². The van der Waals surface area contributed by atoms with Crippen LogP contribution in [-0.2, 0) is 0 Å². The van der Waals surface area contributed by atoms with Gasteiger partial charge in [-0.2, -0.15) is 10.2 Å². The van der Waals surface area contributed by atoms with Crippen LogP contribution in [0.5, 0.6) is 0 Å². The van der Waals surface area contributed by atoms with Gasteiger partial charge in [-0.15, -0.1) is 0 Å². The molecule has 1 heterocycles. The van der Waals surface area contributed by atoms with Crippen molar-refractivity contribution in [1.82, 2.24) is 0 Å². The van der Waals surface area contributed by atoms with Gasteiger partial charge in [0.1, 0.15) is 0 Å². The maximum Gasteiger partial charge on any atom is 0.0710 e. The lowest BCUT2D eigenvalue weighted by Crippen LogP contribution is -2.36. The lowest BCUT2D eigenvalue weighted by molar-refractivity contribution is 0.119. The minimum atomic E-state index is -0.239. The van der Waals surface area contributed by atoms with E-state index in [1.807, 2.05) is 18.2 Å². The molecule has 1 aliphatic carbocycles. The molecule has 1 aliphatic heterocycles. The number of aliphatic hydroxyl groups excluding tert-OH is 1. The fourth-order valence-electron chi connectivity index (χ4n) is 2.66. The van der Waals surface area contributed by atoms with Gasteiger partial charge in [0.25, 0.3) is 0 Å². The van der Waals surface area contributed by atoms with Gasteiger partial charge in [-0.05, 0) is 24.8 Å². The molecular formula is C14H16N2O. The SMILES string of the molecule is OC1CCCC2=NN=C(c3ccccc3)CC21. The highest BCUT2D eigenvalue weighted by atomic mass is 16.3. The van der Waals surface area contributed by atoms with Gasteiger partial charge in [0.05, 0.1) is 11.8 Å². The Morgan fingerprint density at radius 3 is 2.76 bits per heavy atom. The topological polar surface area (TPSA) is 45.0 Å². The summed E-state index contributed by atoms with van der Waals surface area (Å²) in [6.45, 7) is 0. The first-order chi connectivity index (χ1) is 8.34. The number of hydrogen-bond donors (Lipinski definition) is 1. The predicted molar refractivity (Wildman–Crippen MR) is 68.4 cm³/mol. The zero-order valence-corrected chi connectivity index (χ0v) is 9.71. The van der Waals surface area contributed by atoms with Crippen LogP contribution in [0.1, 0.15) is 31.2 Å². The quantitative estimate of drug-likeness (QED) is 0.788. The molecular weight excluding hydrogens is 212 g/mol. The van der Waals surface area contributed by atoms with Crippen LogP contribution in [0.15, 0.2) is 40.5 Å². The zero-order valence-electron chi connectivity index (χ0n) is 9.71. The van der Waals surface area contributed by atoms with Crippen LogP contribution in [-0.4, -0.2) is 22.6 Å². The summed E-state index contributed by atoms with van der Waals surface area (Å²) in [4.78, 5) is 0. The first-order valence-corrected chi connectivity index (χ1v) is 6.21. The lowest BCUT2D eigenvalue weighted by Gasteiger charge is -2.31. The largest absolute Gasteiger partial charge is 0.392 e. The highest BCUT2D eigenvalue weighted by Crippen LogP contribution is 2.29. The van der Waals surface area contributed by atoms with Crippen molar-refractivity contribution in [1.29, 1.82) is 0 Å². The van der Waals surface area contributed by atoms with Crippen molar-refractivity contribution in [2.45, 2.75) is 31.8 Å². The Morgan fingerprint density at radius 1 is 1.12 bits per heavy atom. The molecule has 88 valence electrons. The van der Waals surface area contributed by atoms with E-state index in [2.05, 4.69) is 22.3 Å². The van der Waals surface area contributed by atoms with E-state index in [1.165, 1.54) is 0 Å². The molecule has 3 heteroatoms. The fourth-order valence-corrected chi connectivity index (χ4v) is 2.66. The molecule has 2 aliphatic rings. The lowest BCUT2D eigenvalue weighted by atomic mass is 9.80. The number of nitrogens with zero attached hydrogens (tertiary/aromatic N) is 2. The Bertz CT molecular complexity index is 464. The molecule has 0 bridgehead atoms. The second kappa shape index (κ2) is 4.41. The summed E-state index contributed by atoms with van der Waals surface area (Å²) in [7, 11) is 0. The number of benzene rings is 1. The highest BCUT2D eigenvalue weighted by molar-refractivity contribution is 6.05. The molecule has 0 aromatic heterocycles. The summed E-state index contributed by atoms with van der Waals surface area (Å²) >= 11 is 0. The molecule has 1 fully saturated rings. The molecule has 1 aromatic rings. The van der Waals surface area contributed by atoms with E-state index in [0.717, 1.165) is 42.7 Å². The van der Waals surface area contributed by atoms with Crippen LogP contribution in [0.2, 0.25) is 0 Å². The second-order valence-electron chi connectivity index (χ2n) is 4.77. The van der Waals surface area contributed by atoms with Crippen molar-refractivity contribution in [3.05, 3.63) is 35.9 Å². The molecule has 1 aromatic carbocycles. The standard InChI is InChI=1S/C14H16N2O/c17-14-8-4-7-12-11(14)9-13(16-15-12)10-5-2-1-3-6-10/h1-3,5-6,11,14,17H,4,7-9H2. The predicted octanol–water partition coefficient (Wildman–Crippen LogP) is 2.40. The summed E-state index contributed by atoms with van der Waals surface area (Å²) in [6, 6.07) is 10.1. The summed E-state index contributed by atoms with van der Waals surface area (Å²) in [5.41, 5.74) is 3.21. The second-order valence-corrected chi connectivity index (χ2v) is 4.77. The molecule has 17 heavy (non-hydrogen) atoms. The monoisotopic (exact) mass is 228 g/mol. The van der Waals surface area contributed by atoms with E-state index < -0.39 is 0 Å². The minimum absolute atomic E-state index is 0.191. The first-order valence-electron chi connectivity index (χ1n) is 6.21. The van der Waals surface area contributed by atoms with E-state index in [0.29, 0.717) is 0 Å². The van der Waals surface area contributed by atoms with Crippen molar-refractivity contribution < 1.29 is 5.11 Å². The Kier molecular flexibility index (Phi) is 2.77. The fraction of sp³-hybridized carbons (Fsp3) is 0.429. The molecule has 0 amide bonds. The Balaban J connectivity index is 1.90. The van der Waals surface area contributed by atoms with Crippen LogP contribution in [0.4, 0.5) is 0 Å². The highest BCUT2D eigenvalue weighted by Gasteiger charge is 2.32. The van der Waals surface area contributed by atoms with Crippen molar-refractivity contribution >= 4 is 11.4 Å². The van der Waals surface area contributed by atoms with Crippen molar-refractivity contribution in [3.63, 3.8) is 0 Å². The summed E-state index contributed by atoms with van der Waals surface area (Å²) in [5.74, 6) is 0.191. The average Bonchev–Trinajstić information content (AvgIpc) is 2.40. The zero-order chi connectivity index (χ0) is 11.7. The van der Waals surface area contributed by atoms with E-state index >= 15 is 0 Å². The first kappa shape index (κ1) is 10.7. The van der Waals surface area contributed by atoms with Gasteiger partial charge in [0.15, 0.2) is 0 Å². The molecule has 0 radical (unpaired) electrons. The molecule has 2 unspecified atom stereocenters. The maximum atomic E-state index is 10.0. The van der Waals surface area contributed by atoms with Gasteiger partial charge in [0.2, 0.25) is 0 Å². The van der Waals surface area contributed by atoms with Gasteiger partial charge < -0.3 is 5.11 Å². The number of hydrogen-bond acceptors (Lipinski definition) is 3. The van der Waals surface area contributed by atoms with Crippen molar-refractivity contribution in [2.24, 2.45) is 16.1 Å². The van der Waals surface area contributed by atoms with Gasteiger partial charge in [-0.3, -0.25) is 0 Å². The molecule has 3 nitrogen and oxygen atoms in total. The number of aliphatic hydroxyl groups is 1. The van der Waals surface area contributed by atoms with Gasteiger partial charge in [-0.25, -0.2) is 0 Å². The van der Waals surface area contributed by atoms with Gasteiger partial charge >= 0.3 is 0 Å². The molecule has 0 spiro atoms. The number of rotatable bonds is 1. The van der Waals surface area contributed by atoms with Crippen molar-refractivity contribution in [3.8, 4) is 0 Å². The summed E-state index contributed by atoms with van der Waals surface area (Å²) in [5, 5.41) is 18.6. The number of fused-ring (bicyclic) bond motifs is 1. The minimum Gasteiger partial charge on any atom is -0.392 e. The Hall–Kier alpha value is -1.48. The van der Waals surface area contributed by atoms with Gasteiger partial charge in [-0.1, -0.05) is 30.3 Å². The third-order valence-corrected chi connectivity index (χ3v) is 3.64. The third-order valence-electron chi connectivity index (χ3n) is 3.64. The molecule has 0 saturated heterocycles. The van der Waals surface area contributed by atoms with E-state index in [4.69, 9.17) is 0 Å². The van der Waals surface area contributed by atoms with Crippen LogP contribution in [0, 0.1) is 5.92 Å². The van der Waals surface area contributed by atoms with Crippen LogP contribution in [0.3, 0.4) is 0 Å². The summed E-state index contributed by atoms with van der Waals surface area (Å²) < 4.78 is 0. The molecule has 1 N–H and O–H groups in total. The summed E-state index contributed by atoms with van der Waals surface area (Å²) in [6.07, 6.45) is 3.51. The Morgan fingerprint density at radius 2 is 1.94 bits per heavy atom. The Labute approximate surface area is 101 Å². The normalized spacial score (nSPS) is 28.1. The molecule has 3 rings (SSSR count). The van der Waals surface area contributed by atoms with Crippen LogP contribution >= 0.6 is 0 Å². The van der Waals surface area contributed by atoms with Gasteiger partial charge in [0, 0.05) is 18.1 Å². The molecule has 1 saturated carbocycles. The van der Waals surface area contributed by atoms with E-state index in [9.17, 15) is 5.11 Å². The van der Waals surface area contributed by atoms with E-state index in [-0.39, 0.29) is 12.0 Å².